The predicted octanol–water partition coefficient (Wildman–Crippen LogP) is 0.413. The zero-order valence-electron chi connectivity index (χ0n) is 19.3. The summed E-state index contributed by atoms with van der Waals surface area (Å²) in [4.78, 5) is 29.6. The number of rotatable bonds is 9. The molecular formula is C23H36N4O5S. The molecule has 0 spiro atoms. The van der Waals surface area contributed by atoms with E-state index in [1.165, 1.54) is 0 Å². The Balaban J connectivity index is 1.39. The summed E-state index contributed by atoms with van der Waals surface area (Å²) in [6.07, 6.45) is 2.91. The van der Waals surface area contributed by atoms with Gasteiger partial charge in [0, 0.05) is 45.2 Å². The van der Waals surface area contributed by atoms with Crippen LogP contribution >= 0.6 is 0 Å². The van der Waals surface area contributed by atoms with E-state index in [-0.39, 0.29) is 35.2 Å². The molecule has 1 aromatic carbocycles. The van der Waals surface area contributed by atoms with Gasteiger partial charge in [0.05, 0.1) is 11.5 Å². The van der Waals surface area contributed by atoms with Crippen molar-refractivity contribution in [3.63, 3.8) is 0 Å². The molecule has 1 atom stereocenters. The lowest BCUT2D eigenvalue weighted by molar-refractivity contribution is -0.138. The Labute approximate surface area is 196 Å². The molecule has 1 saturated heterocycles. The highest BCUT2D eigenvalue weighted by Crippen LogP contribution is 2.29. The third-order valence-electron chi connectivity index (χ3n) is 6.66. The molecule has 3 N–H and O–H groups in total. The van der Waals surface area contributed by atoms with Crippen LogP contribution in [0.4, 0.5) is 0 Å². The summed E-state index contributed by atoms with van der Waals surface area (Å²) in [5.74, 6) is -0.125. The molecule has 0 bridgehead atoms. The van der Waals surface area contributed by atoms with Crippen molar-refractivity contribution >= 4 is 21.8 Å². The Morgan fingerprint density at radius 1 is 1.06 bits per heavy atom. The molecule has 2 fully saturated rings. The molecule has 9 nitrogen and oxygen atoms in total. The molecule has 10 heteroatoms. The fourth-order valence-electron chi connectivity index (χ4n) is 4.54. The molecule has 2 amide bonds. The van der Waals surface area contributed by atoms with Crippen molar-refractivity contribution in [3.8, 4) is 0 Å². The van der Waals surface area contributed by atoms with Gasteiger partial charge in [-0.1, -0.05) is 18.2 Å². The SMILES string of the molecule is CC(NC(=O)C1CCC(CNS(=O)(=O)c2ccccc2)CC1)C(=O)N1CCN(CCO)CC1. The van der Waals surface area contributed by atoms with Crippen LogP contribution in [-0.2, 0) is 19.6 Å². The van der Waals surface area contributed by atoms with Crippen molar-refractivity contribution in [2.75, 3.05) is 45.9 Å². The zero-order valence-corrected chi connectivity index (χ0v) is 20.1. The standard InChI is InChI=1S/C23H36N4O5S/c1-18(23(30)27-13-11-26(12-14-27)15-16-28)25-22(29)20-9-7-19(8-10-20)17-24-33(31,32)21-5-3-2-4-6-21/h2-6,18-20,24,28H,7-17H2,1H3,(H,25,29). The maximum atomic E-state index is 12.7. The maximum absolute atomic E-state index is 12.7. The van der Waals surface area contributed by atoms with Crippen LogP contribution in [0.5, 0.6) is 0 Å². The molecule has 1 aliphatic carbocycles. The number of nitrogens with zero attached hydrogens (tertiary/aromatic N) is 2. The van der Waals surface area contributed by atoms with Gasteiger partial charge in [0.1, 0.15) is 6.04 Å². The number of aliphatic hydroxyl groups is 1. The average molecular weight is 481 g/mol. The number of β-amino-alcohol motifs (C(OH)–C–C–N with tert-alkyl or cyclic N) is 1. The first-order valence-electron chi connectivity index (χ1n) is 11.8. The summed E-state index contributed by atoms with van der Waals surface area (Å²) >= 11 is 0. The lowest BCUT2D eigenvalue weighted by atomic mass is 9.81. The van der Waals surface area contributed by atoms with Crippen molar-refractivity contribution in [3.05, 3.63) is 30.3 Å². The minimum absolute atomic E-state index is 0.0731. The fraction of sp³-hybridized carbons (Fsp3) is 0.652. The van der Waals surface area contributed by atoms with Crippen molar-refractivity contribution in [1.29, 1.82) is 0 Å². The van der Waals surface area contributed by atoms with E-state index in [4.69, 9.17) is 5.11 Å². The number of benzene rings is 1. The minimum Gasteiger partial charge on any atom is -0.395 e. The summed E-state index contributed by atoms with van der Waals surface area (Å²) in [5.41, 5.74) is 0. The fourth-order valence-corrected chi connectivity index (χ4v) is 5.68. The third kappa shape index (κ3) is 7.23. The summed E-state index contributed by atoms with van der Waals surface area (Å²) < 4.78 is 27.5. The molecule has 1 aromatic rings. The topological polar surface area (TPSA) is 119 Å². The van der Waals surface area contributed by atoms with Crippen molar-refractivity contribution in [2.45, 2.75) is 43.5 Å². The van der Waals surface area contributed by atoms with Gasteiger partial charge in [-0.25, -0.2) is 13.1 Å². The van der Waals surface area contributed by atoms with Gasteiger partial charge in [-0.2, -0.15) is 0 Å². The number of hydrogen-bond donors (Lipinski definition) is 3. The Morgan fingerprint density at radius 3 is 2.30 bits per heavy atom. The van der Waals surface area contributed by atoms with E-state index in [0.717, 1.165) is 25.9 Å². The van der Waals surface area contributed by atoms with Crippen molar-refractivity contribution < 1.29 is 23.1 Å². The van der Waals surface area contributed by atoms with E-state index >= 15 is 0 Å². The Bertz CT molecular complexity index is 879. The van der Waals surface area contributed by atoms with Crippen LogP contribution in [-0.4, -0.2) is 87.1 Å². The second-order valence-corrected chi connectivity index (χ2v) is 10.8. The van der Waals surface area contributed by atoms with Crippen LogP contribution in [0.15, 0.2) is 35.2 Å². The lowest BCUT2D eigenvalue weighted by Gasteiger charge is -2.36. The number of carbonyl (C=O) groups excluding carboxylic acids is 2. The van der Waals surface area contributed by atoms with Crippen LogP contribution in [0.3, 0.4) is 0 Å². The first-order chi connectivity index (χ1) is 15.8. The molecular weight excluding hydrogens is 444 g/mol. The van der Waals surface area contributed by atoms with Crippen LogP contribution in [0.2, 0.25) is 0 Å². The third-order valence-corrected chi connectivity index (χ3v) is 8.10. The largest absolute Gasteiger partial charge is 0.395 e. The van der Waals surface area contributed by atoms with Gasteiger partial charge in [-0.15, -0.1) is 0 Å². The van der Waals surface area contributed by atoms with E-state index in [9.17, 15) is 18.0 Å². The molecule has 1 unspecified atom stereocenters. The molecule has 0 radical (unpaired) electrons. The predicted molar refractivity (Wildman–Crippen MR) is 125 cm³/mol. The Kier molecular flexibility index (Phi) is 9.25. The van der Waals surface area contributed by atoms with Crippen molar-refractivity contribution in [2.24, 2.45) is 11.8 Å². The summed E-state index contributed by atoms with van der Waals surface area (Å²) in [6.45, 7) is 5.47. The number of carbonyl (C=O) groups is 2. The zero-order chi connectivity index (χ0) is 23.8. The highest BCUT2D eigenvalue weighted by molar-refractivity contribution is 7.89. The van der Waals surface area contributed by atoms with Gasteiger partial charge >= 0.3 is 0 Å². The quantitative estimate of drug-likeness (QED) is 0.471. The van der Waals surface area contributed by atoms with Crippen molar-refractivity contribution in [1.82, 2.24) is 19.8 Å². The molecule has 33 heavy (non-hydrogen) atoms. The van der Waals surface area contributed by atoms with Gasteiger partial charge in [-0.3, -0.25) is 14.5 Å². The Morgan fingerprint density at radius 2 is 1.70 bits per heavy atom. The van der Waals surface area contributed by atoms with Gasteiger partial charge < -0.3 is 15.3 Å². The molecule has 1 aliphatic heterocycles. The van der Waals surface area contributed by atoms with Gasteiger partial charge in [0.25, 0.3) is 0 Å². The molecule has 184 valence electrons. The lowest BCUT2D eigenvalue weighted by Crippen LogP contribution is -2.55. The second kappa shape index (κ2) is 11.9. The highest BCUT2D eigenvalue weighted by atomic mass is 32.2. The average Bonchev–Trinajstić information content (AvgIpc) is 2.84. The number of amides is 2. The van der Waals surface area contributed by atoms with Crippen LogP contribution in [0.1, 0.15) is 32.6 Å². The molecule has 1 heterocycles. The van der Waals surface area contributed by atoms with Crippen LogP contribution in [0, 0.1) is 11.8 Å². The Hall–Kier alpha value is -2.01. The number of sulfonamides is 1. The second-order valence-electron chi connectivity index (χ2n) is 9.00. The van der Waals surface area contributed by atoms with Crippen LogP contribution < -0.4 is 10.0 Å². The smallest absolute Gasteiger partial charge is 0.244 e. The van der Waals surface area contributed by atoms with E-state index in [2.05, 4.69) is 14.9 Å². The summed E-state index contributed by atoms with van der Waals surface area (Å²) in [7, 11) is -3.52. The number of aliphatic hydroxyl groups excluding tert-OH is 1. The highest BCUT2D eigenvalue weighted by Gasteiger charge is 2.30. The maximum Gasteiger partial charge on any atom is 0.244 e. The summed E-state index contributed by atoms with van der Waals surface area (Å²) in [5, 5.41) is 11.9. The van der Waals surface area contributed by atoms with Gasteiger partial charge in [0.15, 0.2) is 0 Å². The van der Waals surface area contributed by atoms with E-state index < -0.39 is 16.1 Å². The first-order valence-corrected chi connectivity index (χ1v) is 13.3. The van der Waals surface area contributed by atoms with E-state index in [0.29, 0.717) is 39.0 Å². The minimum atomic E-state index is -3.52. The normalized spacial score (nSPS) is 23.2. The molecule has 0 aromatic heterocycles. The van der Waals surface area contributed by atoms with Crippen LogP contribution in [0.25, 0.3) is 0 Å². The van der Waals surface area contributed by atoms with E-state index in [1.54, 1.807) is 42.2 Å². The number of nitrogens with one attached hydrogen (secondary N) is 2. The van der Waals surface area contributed by atoms with E-state index in [1.807, 2.05) is 0 Å². The monoisotopic (exact) mass is 480 g/mol. The molecule has 3 rings (SSSR count). The van der Waals surface area contributed by atoms with Gasteiger partial charge in [-0.05, 0) is 50.7 Å². The number of hydrogen-bond acceptors (Lipinski definition) is 6. The summed E-state index contributed by atoms with van der Waals surface area (Å²) in [6, 6.07) is 7.74. The molecule has 2 aliphatic rings. The number of piperazine rings is 1. The first kappa shape index (κ1) is 25.6. The van der Waals surface area contributed by atoms with Gasteiger partial charge in [0.2, 0.25) is 21.8 Å². The molecule has 1 saturated carbocycles.